The van der Waals surface area contributed by atoms with Crippen LogP contribution >= 0.6 is 15.9 Å². The predicted molar refractivity (Wildman–Crippen MR) is 91.7 cm³/mol. The van der Waals surface area contributed by atoms with E-state index in [2.05, 4.69) is 72.3 Å². The van der Waals surface area contributed by atoms with Crippen LogP contribution in [0.25, 0.3) is 0 Å². The first-order valence-electron chi connectivity index (χ1n) is 7.10. The monoisotopic (exact) mass is 347 g/mol. The summed E-state index contributed by atoms with van der Waals surface area (Å²) in [5.41, 5.74) is 2.30. The highest BCUT2D eigenvalue weighted by molar-refractivity contribution is 9.10. The first-order chi connectivity index (χ1) is 9.94. The molecule has 0 radical (unpaired) electrons. The number of hydrogen-bond acceptors (Lipinski definition) is 2. The molecule has 3 heteroatoms. The minimum absolute atomic E-state index is 0.124. The molecule has 2 aromatic carbocycles. The average Bonchev–Trinajstić information content (AvgIpc) is 2.47. The summed E-state index contributed by atoms with van der Waals surface area (Å²) < 4.78 is 6.55. The summed E-state index contributed by atoms with van der Waals surface area (Å²) in [6.45, 7) is 6.56. The van der Waals surface area contributed by atoms with Gasteiger partial charge in [0.25, 0.3) is 0 Å². The van der Waals surface area contributed by atoms with Gasteiger partial charge in [-0.1, -0.05) is 46.3 Å². The van der Waals surface area contributed by atoms with Crippen molar-refractivity contribution in [1.82, 2.24) is 5.32 Å². The fourth-order valence-corrected chi connectivity index (χ4v) is 2.86. The third-order valence-corrected chi connectivity index (χ3v) is 4.28. The maximum atomic E-state index is 5.46. The van der Waals surface area contributed by atoms with E-state index >= 15 is 0 Å². The minimum atomic E-state index is -0.124. The highest BCUT2D eigenvalue weighted by Gasteiger charge is 2.24. The van der Waals surface area contributed by atoms with E-state index in [0.717, 1.165) is 10.2 Å². The second-order valence-corrected chi connectivity index (χ2v) is 6.66. The normalized spacial score (nSPS) is 13.0. The van der Waals surface area contributed by atoms with Gasteiger partial charge in [0.1, 0.15) is 5.75 Å². The van der Waals surface area contributed by atoms with E-state index in [9.17, 15) is 0 Å². The molecule has 2 nitrogen and oxygen atoms in total. The molecule has 0 aromatic heterocycles. The fourth-order valence-electron chi connectivity index (χ4n) is 2.59. The highest BCUT2D eigenvalue weighted by Crippen LogP contribution is 2.29. The van der Waals surface area contributed by atoms with Crippen LogP contribution in [0, 0.1) is 0 Å². The zero-order valence-corrected chi connectivity index (χ0v) is 14.6. The van der Waals surface area contributed by atoms with E-state index in [1.165, 1.54) is 11.1 Å². The zero-order chi connectivity index (χ0) is 15.5. The molecule has 0 amide bonds. The van der Waals surface area contributed by atoms with Crippen molar-refractivity contribution in [3.63, 3.8) is 0 Å². The molecule has 0 aliphatic carbocycles. The average molecular weight is 348 g/mol. The molecule has 0 heterocycles. The molecular weight excluding hydrogens is 326 g/mol. The molecule has 0 saturated carbocycles. The maximum absolute atomic E-state index is 5.46. The van der Waals surface area contributed by atoms with Gasteiger partial charge in [-0.2, -0.15) is 0 Å². The van der Waals surface area contributed by atoms with Crippen molar-refractivity contribution in [2.24, 2.45) is 0 Å². The molecule has 0 aliphatic heterocycles. The number of rotatable bonds is 5. The summed E-state index contributed by atoms with van der Waals surface area (Å²) in [6.07, 6.45) is 0. The SMILES string of the molecule is COc1ccccc1C(C)NC(C)(C)c1ccc(Br)cc1. The van der Waals surface area contributed by atoms with Gasteiger partial charge in [0.2, 0.25) is 0 Å². The van der Waals surface area contributed by atoms with Crippen molar-refractivity contribution in [2.75, 3.05) is 7.11 Å². The van der Waals surface area contributed by atoms with E-state index < -0.39 is 0 Å². The lowest BCUT2D eigenvalue weighted by atomic mass is 9.92. The van der Waals surface area contributed by atoms with Gasteiger partial charge in [0, 0.05) is 21.6 Å². The molecule has 1 N–H and O–H groups in total. The fraction of sp³-hybridized carbons (Fsp3) is 0.333. The lowest BCUT2D eigenvalue weighted by molar-refractivity contribution is 0.345. The van der Waals surface area contributed by atoms with Crippen LogP contribution in [0.2, 0.25) is 0 Å². The summed E-state index contributed by atoms with van der Waals surface area (Å²) in [5, 5.41) is 3.69. The number of nitrogens with one attached hydrogen (secondary N) is 1. The second kappa shape index (κ2) is 6.63. The Labute approximate surface area is 135 Å². The molecule has 1 unspecified atom stereocenters. The number of para-hydroxylation sites is 1. The summed E-state index contributed by atoms with van der Waals surface area (Å²) in [6, 6.07) is 16.8. The third kappa shape index (κ3) is 3.86. The van der Waals surface area contributed by atoms with E-state index in [-0.39, 0.29) is 11.6 Å². The molecular formula is C18H22BrNO. The molecule has 0 spiro atoms. The van der Waals surface area contributed by atoms with Crippen LogP contribution in [0.1, 0.15) is 37.9 Å². The van der Waals surface area contributed by atoms with E-state index in [1.54, 1.807) is 7.11 Å². The van der Waals surface area contributed by atoms with Crippen molar-refractivity contribution in [3.8, 4) is 5.75 Å². The van der Waals surface area contributed by atoms with Crippen molar-refractivity contribution in [1.29, 1.82) is 0 Å². The van der Waals surface area contributed by atoms with Crippen molar-refractivity contribution >= 4 is 15.9 Å². The highest BCUT2D eigenvalue weighted by atomic mass is 79.9. The molecule has 2 aromatic rings. The van der Waals surface area contributed by atoms with Gasteiger partial charge in [-0.05, 0) is 44.5 Å². The number of benzene rings is 2. The first kappa shape index (κ1) is 16.1. The number of hydrogen-bond donors (Lipinski definition) is 1. The molecule has 0 fully saturated rings. The Kier molecular flexibility index (Phi) is 5.07. The van der Waals surface area contributed by atoms with Crippen LogP contribution in [0.15, 0.2) is 53.0 Å². The van der Waals surface area contributed by atoms with Crippen molar-refractivity contribution < 1.29 is 4.74 Å². The van der Waals surface area contributed by atoms with Crippen LogP contribution in [-0.4, -0.2) is 7.11 Å². The Balaban J connectivity index is 2.21. The number of halogens is 1. The van der Waals surface area contributed by atoms with Gasteiger partial charge in [-0.3, -0.25) is 0 Å². The summed E-state index contributed by atoms with van der Waals surface area (Å²) in [5.74, 6) is 0.920. The second-order valence-electron chi connectivity index (χ2n) is 5.74. The molecule has 2 rings (SSSR count). The standard InChI is InChI=1S/C18H22BrNO/c1-13(16-7-5-6-8-17(16)21-4)20-18(2,3)14-9-11-15(19)12-10-14/h5-13,20H,1-4H3. The Morgan fingerprint density at radius 1 is 1.05 bits per heavy atom. The zero-order valence-electron chi connectivity index (χ0n) is 13.0. The van der Waals surface area contributed by atoms with E-state index in [0.29, 0.717) is 0 Å². The molecule has 0 bridgehead atoms. The molecule has 0 saturated heterocycles. The third-order valence-electron chi connectivity index (χ3n) is 3.75. The molecule has 1 atom stereocenters. The molecule has 21 heavy (non-hydrogen) atoms. The van der Waals surface area contributed by atoms with Crippen LogP contribution in [0.4, 0.5) is 0 Å². The van der Waals surface area contributed by atoms with Crippen LogP contribution < -0.4 is 10.1 Å². The maximum Gasteiger partial charge on any atom is 0.123 e. The largest absolute Gasteiger partial charge is 0.496 e. The van der Waals surface area contributed by atoms with Gasteiger partial charge in [0.05, 0.1) is 7.11 Å². The van der Waals surface area contributed by atoms with Crippen molar-refractivity contribution in [3.05, 3.63) is 64.1 Å². The number of methoxy groups -OCH3 is 1. The number of ether oxygens (including phenoxy) is 1. The predicted octanol–water partition coefficient (Wildman–Crippen LogP) is 5.04. The summed E-state index contributed by atoms with van der Waals surface area (Å²) >= 11 is 3.48. The quantitative estimate of drug-likeness (QED) is 0.817. The summed E-state index contributed by atoms with van der Waals surface area (Å²) in [4.78, 5) is 0. The van der Waals surface area contributed by atoms with Crippen molar-refractivity contribution in [2.45, 2.75) is 32.4 Å². The Morgan fingerprint density at radius 3 is 2.29 bits per heavy atom. The van der Waals surface area contributed by atoms with Gasteiger partial charge in [-0.15, -0.1) is 0 Å². The van der Waals surface area contributed by atoms with E-state index in [4.69, 9.17) is 4.74 Å². The topological polar surface area (TPSA) is 21.3 Å². The Bertz CT molecular complexity index is 592. The molecule has 112 valence electrons. The van der Waals surface area contributed by atoms with Gasteiger partial charge < -0.3 is 10.1 Å². The summed E-state index contributed by atoms with van der Waals surface area (Å²) in [7, 11) is 1.71. The van der Waals surface area contributed by atoms with Gasteiger partial charge in [-0.25, -0.2) is 0 Å². The first-order valence-corrected chi connectivity index (χ1v) is 7.90. The van der Waals surface area contributed by atoms with Crippen LogP contribution in [0.5, 0.6) is 5.75 Å². The Hall–Kier alpha value is -1.32. The van der Waals surface area contributed by atoms with Gasteiger partial charge >= 0.3 is 0 Å². The lowest BCUT2D eigenvalue weighted by Gasteiger charge is -2.31. The van der Waals surface area contributed by atoms with Crippen LogP contribution in [-0.2, 0) is 5.54 Å². The van der Waals surface area contributed by atoms with Gasteiger partial charge in [0.15, 0.2) is 0 Å². The van der Waals surface area contributed by atoms with E-state index in [1.807, 2.05) is 18.2 Å². The lowest BCUT2D eigenvalue weighted by Crippen LogP contribution is -2.38. The smallest absolute Gasteiger partial charge is 0.123 e. The molecule has 0 aliphatic rings. The Morgan fingerprint density at radius 2 is 1.67 bits per heavy atom. The minimum Gasteiger partial charge on any atom is -0.496 e. The van der Waals surface area contributed by atoms with Crippen LogP contribution in [0.3, 0.4) is 0 Å².